The fourth-order valence-electron chi connectivity index (χ4n) is 2.32. The summed E-state index contributed by atoms with van der Waals surface area (Å²) in [5.41, 5.74) is 1.24. The van der Waals surface area contributed by atoms with E-state index in [9.17, 15) is 17.2 Å². The predicted octanol–water partition coefficient (Wildman–Crippen LogP) is 3.35. The van der Waals surface area contributed by atoms with Crippen LogP contribution in [0.25, 0.3) is 5.69 Å². The first-order chi connectivity index (χ1) is 11.8. The van der Waals surface area contributed by atoms with Gasteiger partial charge < -0.3 is 0 Å². The van der Waals surface area contributed by atoms with Gasteiger partial charge in [0.15, 0.2) is 12.0 Å². The number of hydrogen-bond acceptors (Lipinski definition) is 2. The molecule has 0 unspecified atom stereocenters. The minimum atomic E-state index is -3.86. The molecule has 0 spiro atoms. The van der Waals surface area contributed by atoms with E-state index in [-0.39, 0.29) is 16.3 Å². The lowest BCUT2D eigenvalue weighted by molar-refractivity contribution is -0.596. The second-order valence-corrected chi connectivity index (χ2v) is 7.19. The number of aryl methyl sites for hydroxylation is 1. The number of rotatable bonds is 4. The van der Waals surface area contributed by atoms with Crippen molar-refractivity contribution in [1.29, 1.82) is 0 Å². The molecule has 0 atom stereocenters. The summed E-state index contributed by atoms with van der Waals surface area (Å²) in [5.74, 6) is -1.09. The molecule has 1 aromatic heterocycles. The fourth-order valence-corrected chi connectivity index (χ4v) is 3.40. The molecular formula is C18H15F2N2O2S+. The van der Waals surface area contributed by atoms with Gasteiger partial charge in [-0.05, 0) is 37.3 Å². The first-order valence-electron chi connectivity index (χ1n) is 7.41. The molecule has 0 radical (unpaired) electrons. The Morgan fingerprint density at radius 1 is 0.960 bits per heavy atom. The molecule has 128 valence electrons. The molecule has 1 N–H and O–H groups in total. The van der Waals surface area contributed by atoms with Gasteiger partial charge in [0.2, 0.25) is 11.9 Å². The lowest BCUT2D eigenvalue weighted by atomic mass is 10.2. The van der Waals surface area contributed by atoms with Crippen molar-refractivity contribution in [1.82, 2.24) is 0 Å². The van der Waals surface area contributed by atoms with Crippen LogP contribution in [0.4, 0.5) is 14.5 Å². The van der Waals surface area contributed by atoms with Crippen molar-refractivity contribution >= 4 is 15.7 Å². The van der Waals surface area contributed by atoms with Gasteiger partial charge in [0.05, 0.1) is 4.90 Å². The Bertz CT molecular complexity index is 1020. The van der Waals surface area contributed by atoms with Gasteiger partial charge in [-0.15, -0.1) is 0 Å². The van der Waals surface area contributed by atoms with Crippen LogP contribution in [0.15, 0.2) is 71.9 Å². The average Bonchev–Trinajstić information content (AvgIpc) is 2.57. The molecule has 3 rings (SSSR count). The zero-order valence-electron chi connectivity index (χ0n) is 13.3. The molecule has 2 aromatic carbocycles. The van der Waals surface area contributed by atoms with Gasteiger partial charge in [0.1, 0.15) is 11.5 Å². The van der Waals surface area contributed by atoms with Gasteiger partial charge >= 0.3 is 0 Å². The van der Waals surface area contributed by atoms with Crippen molar-refractivity contribution in [3.63, 3.8) is 0 Å². The van der Waals surface area contributed by atoms with Crippen molar-refractivity contribution in [2.45, 2.75) is 11.8 Å². The molecule has 7 heteroatoms. The summed E-state index contributed by atoms with van der Waals surface area (Å²) in [5, 5.41) is 0. The highest BCUT2D eigenvalue weighted by atomic mass is 32.2. The number of benzene rings is 2. The van der Waals surface area contributed by atoms with Gasteiger partial charge in [0.25, 0.3) is 10.0 Å². The van der Waals surface area contributed by atoms with Gasteiger partial charge in [0, 0.05) is 12.1 Å². The minimum absolute atomic E-state index is 0.0811. The Morgan fingerprint density at radius 3 is 2.36 bits per heavy atom. The van der Waals surface area contributed by atoms with Crippen LogP contribution < -0.4 is 9.29 Å². The molecule has 0 aliphatic rings. The van der Waals surface area contributed by atoms with E-state index in [1.54, 1.807) is 12.1 Å². The number of nitrogens with one attached hydrogen (secondary N) is 1. The Hall–Kier alpha value is -2.80. The van der Waals surface area contributed by atoms with Crippen LogP contribution >= 0.6 is 0 Å². The normalized spacial score (nSPS) is 11.3. The summed E-state index contributed by atoms with van der Waals surface area (Å²) >= 11 is 0. The third-order valence-electron chi connectivity index (χ3n) is 3.58. The van der Waals surface area contributed by atoms with Crippen molar-refractivity contribution in [2.24, 2.45) is 0 Å². The molecule has 0 saturated heterocycles. The van der Waals surface area contributed by atoms with Gasteiger partial charge in [-0.2, -0.15) is 4.57 Å². The number of nitrogens with zero attached hydrogens (tertiary/aromatic N) is 1. The maximum Gasteiger partial charge on any atom is 0.262 e. The molecule has 0 bridgehead atoms. The number of pyridine rings is 1. The molecule has 25 heavy (non-hydrogen) atoms. The number of hydrogen-bond donors (Lipinski definition) is 1. The molecule has 0 fully saturated rings. The molecule has 0 saturated carbocycles. The summed E-state index contributed by atoms with van der Waals surface area (Å²) in [4.78, 5) is 0.0811. The van der Waals surface area contributed by atoms with Gasteiger partial charge in [-0.1, -0.05) is 17.7 Å². The van der Waals surface area contributed by atoms with Crippen LogP contribution in [-0.2, 0) is 10.0 Å². The topological polar surface area (TPSA) is 50.1 Å². The van der Waals surface area contributed by atoms with E-state index in [0.717, 1.165) is 23.9 Å². The average molecular weight is 361 g/mol. The Morgan fingerprint density at radius 2 is 1.68 bits per heavy atom. The van der Waals surface area contributed by atoms with E-state index >= 15 is 0 Å². The smallest absolute Gasteiger partial charge is 0.262 e. The van der Waals surface area contributed by atoms with Crippen molar-refractivity contribution in [3.8, 4) is 5.69 Å². The van der Waals surface area contributed by atoms with E-state index in [2.05, 4.69) is 4.72 Å². The third kappa shape index (κ3) is 3.83. The monoisotopic (exact) mass is 361 g/mol. The number of anilines is 1. The maximum absolute atomic E-state index is 13.6. The van der Waals surface area contributed by atoms with Crippen LogP contribution in [0, 0.1) is 18.6 Å². The largest absolute Gasteiger partial charge is 0.273 e. The summed E-state index contributed by atoms with van der Waals surface area (Å²) in [6, 6.07) is 12.6. The lowest BCUT2D eigenvalue weighted by Crippen LogP contribution is -2.32. The standard InChI is InChI=1S/C18H15F2N2O2S/c1-13-4-7-16(8-5-13)25(23,24)21-17-9-6-14(19)11-18(17)22-10-2-3-15(20)12-22/h2-12,21H,1H3/q+1. The molecule has 0 aliphatic heterocycles. The zero-order chi connectivity index (χ0) is 18.0. The Labute approximate surface area is 144 Å². The van der Waals surface area contributed by atoms with E-state index in [0.29, 0.717) is 0 Å². The minimum Gasteiger partial charge on any atom is -0.273 e. The zero-order valence-corrected chi connectivity index (χ0v) is 14.1. The summed E-state index contributed by atoms with van der Waals surface area (Å²) in [7, 11) is -3.86. The molecule has 3 aromatic rings. The van der Waals surface area contributed by atoms with Crippen LogP contribution in [-0.4, -0.2) is 8.42 Å². The van der Waals surface area contributed by atoms with Crippen molar-refractivity contribution < 1.29 is 21.8 Å². The van der Waals surface area contributed by atoms with Crippen molar-refractivity contribution in [3.05, 3.63) is 84.2 Å². The lowest BCUT2D eigenvalue weighted by Gasteiger charge is -2.10. The van der Waals surface area contributed by atoms with E-state index in [4.69, 9.17) is 0 Å². The Balaban J connectivity index is 2.04. The predicted molar refractivity (Wildman–Crippen MR) is 89.9 cm³/mol. The number of sulfonamides is 1. The first-order valence-corrected chi connectivity index (χ1v) is 8.90. The molecule has 4 nitrogen and oxygen atoms in total. The highest BCUT2D eigenvalue weighted by molar-refractivity contribution is 7.92. The van der Waals surface area contributed by atoms with Crippen LogP contribution in [0.1, 0.15) is 5.56 Å². The molecular weight excluding hydrogens is 346 g/mol. The maximum atomic E-state index is 13.6. The van der Waals surface area contributed by atoms with Crippen LogP contribution in [0.5, 0.6) is 0 Å². The highest BCUT2D eigenvalue weighted by Gasteiger charge is 2.21. The number of halogens is 2. The summed E-state index contributed by atoms with van der Waals surface area (Å²) in [6.45, 7) is 1.85. The summed E-state index contributed by atoms with van der Waals surface area (Å²) in [6.07, 6.45) is 2.64. The highest BCUT2D eigenvalue weighted by Crippen LogP contribution is 2.21. The van der Waals surface area contributed by atoms with Gasteiger partial charge in [-0.3, -0.25) is 4.72 Å². The molecule has 0 amide bonds. The quantitative estimate of drug-likeness (QED) is 0.725. The van der Waals surface area contributed by atoms with Crippen molar-refractivity contribution in [2.75, 3.05) is 4.72 Å². The SMILES string of the molecule is Cc1ccc(S(=O)(=O)Nc2ccc(F)cc2-[n+]2cccc(F)c2)cc1. The van der Waals surface area contributed by atoms with Crippen LogP contribution in [0.3, 0.4) is 0 Å². The van der Waals surface area contributed by atoms with Crippen LogP contribution in [0.2, 0.25) is 0 Å². The first kappa shape index (κ1) is 17.0. The fraction of sp³-hybridized carbons (Fsp3) is 0.0556. The molecule has 1 heterocycles. The molecule has 0 aliphatic carbocycles. The Kier molecular flexibility index (Phi) is 4.50. The second-order valence-electron chi connectivity index (χ2n) is 5.51. The number of aromatic nitrogens is 1. The second kappa shape index (κ2) is 6.60. The third-order valence-corrected chi connectivity index (χ3v) is 4.96. The van der Waals surface area contributed by atoms with E-state index in [1.807, 2.05) is 6.92 Å². The van der Waals surface area contributed by atoms with E-state index in [1.165, 1.54) is 41.1 Å². The van der Waals surface area contributed by atoms with Gasteiger partial charge in [-0.25, -0.2) is 17.2 Å². The summed E-state index contributed by atoms with van der Waals surface area (Å²) < 4.78 is 56.0. The van der Waals surface area contributed by atoms with E-state index < -0.39 is 21.7 Å².